The summed E-state index contributed by atoms with van der Waals surface area (Å²) in [6.07, 6.45) is 0.892. The van der Waals surface area contributed by atoms with Crippen molar-refractivity contribution < 1.29 is 23.1 Å². The van der Waals surface area contributed by atoms with Crippen LogP contribution in [0.1, 0.15) is 13.3 Å². The highest BCUT2D eigenvalue weighted by molar-refractivity contribution is 7.90. The molecule has 0 aromatic heterocycles. The summed E-state index contributed by atoms with van der Waals surface area (Å²) in [6.45, 7) is 2.07. The van der Waals surface area contributed by atoms with Gasteiger partial charge in [-0.15, -0.1) is 0 Å². The van der Waals surface area contributed by atoms with Crippen LogP contribution < -0.4 is 10.6 Å². The van der Waals surface area contributed by atoms with Crippen LogP contribution in [0.2, 0.25) is 0 Å². The number of carboxylic acid groups (broad SMARTS) is 1. The molecule has 7 nitrogen and oxygen atoms in total. The van der Waals surface area contributed by atoms with Gasteiger partial charge in [0.1, 0.15) is 15.9 Å². The standard InChI is InChI=1S/C10H20N2O5S/c1-7(6-11-2)9(13)12-8(10(14)15)4-5-18(3,16)17/h7-8,11H,4-6H2,1-3H3,(H,12,13)(H,14,15). The van der Waals surface area contributed by atoms with Gasteiger partial charge in [-0.25, -0.2) is 13.2 Å². The molecule has 106 valence electrons. The molecule has 0 aliphatic rings. The quantitative estimate of drug-likeness (QED) is 0.517. The van der Waals surface area contributed by atoms with E-state index in [0.29, 0.717) is 6.54 Å². The van der Waals surface area contributed by atoms with Gasteiger partial charge in [0.2, 0.25) is 5.91 Å². The van der Waals surface area contributed by atoms with Crippen LogP contribution in [0, 0.1) is 5.92 Å². The number of amides is 1. The van der Waals surface area contributed by atoms with Gasteiger partial charge in [-0.05, 0) is 13.5 Å². The molecule has 0 spiro atoms. The van der Waals surface area contributed by atoms with E-state index >= 15 is 0 Å². The first-order valence-corrected chi connectivity index (χ1v) is 7.59. The molecule has 0 saturated carbocycles. The van der Waals surface area contributed by atoms with Crippen molar-refractivity contribution in [2.45, 2.75) is 19.4 Å². The first-order valence-electron chi connectivity index (χ1n) is 5.53. The Bertz CT molecular complexity index is 393. The molecule has 0 aromatic carbocycles. The van der Waals surface area contributed by atoms with Gasteiger partial charge in [0, 0.05) is 18.7 Å². The average molecular weight is 280 g/mol. The molecule has 18 heavy (non-hydrogen) atoms. The van der Waals surface area contributed by atoms with Gasteiger partial charge in [0.25, 0.3) is 0 Å². The summed E-state index contributed by atoms with van der Waals surface area (Å²) in [5.74, 6) is -2.30. The largest absolute Gasteiger partial charge is 0.480 e. The Balaban J connectivity index is 4.45. The zero-order valence-corrected chi connectivity index (χ0v) is 11.6. The third-order valence-electron chi connectivity index (χ3n) is 2.35. The van der Waals surface area contributed by atoms with Gasteiger partial charge in [-0.1, -0.05) is 6.92 Å². The van der Waals surface area contributed by atoms with Crippen LogP contribution in [0.15, 0.2) is 0 Å². The van der Waals surface area contributed by atoms with E-state index in [1.165, 1.54) is 0 Å². The number of sulfone groups is 1. The monoisotopic (exact) mass is 280 g/mol. The lowest BCUT2D eigenvalue weighted by Crippen LogP contribution is -2.45. The first-order chi connectivity index (χ1) is 8.17. The van der Waals surface area contributed by atoms with Crippen LogP contribution in [-0.2, 0) is 19.4 Å². The molecule has 0 heterocycles. The van der Waals surface area contributed by atoms with Crippen LogP contribution in [0.3, 0.4) is 0 Å². The highest BCUT2D eigenvalue weighted by Crippen LogP contribution is 2.00. The van der Waals surface area contributed by atoms with Crippen LogP contribution in [-0.4, -0.2) is 57.0 Å². The minimum Gasteiger partial charge on any atom is -0.480 e. The smallest absolute Gasteiger partial charge is 0.326 e. The van der Waals surface area contributed by atoms with E-state index in [4.69, 9.17) is 5.11 Å². The predicted octanol–water partition coefficient (Wildman–Crippen LogP) is -1.15. The third-order valence-corrected chi connectivity index (χ3v) is 3.33. The number of aliphatic carboxylic acids is 1. The van der Waals surface area contributed by atoms with Crippen molar-refractivity contribution in [1.29, 1.82) is 0 Å². The second-order valence-electron chi connectivity index (χ2n) is 4.28. The van der Waals surface area contributed by atoms with Gasteiger partial charge in [-0.3, -0.25) is 4.79 Å². The highest BCUT2D eigenvalue weighted by atomic mass is 32.2. The molecule has 2 atom stereocenters. The molecule has 2 unspecified atom stereocenters. The van der Waals surface area contributed by atoms with Gasteiger partial charge in [0.05, 0.1) is 5.75 Å². The van der Waals surface area contributed by atoms with E-state index in [1.54, 1.807) is 14.0 Å². The van der Waals surface area contributed by atoms with Crippen LogP contribution in [0.5, 0.6) is 0 Å². The summed E-state index contributed by atoms with van der Waals surface area (Å²) in [6, 6.07) is -1.17. The topological polar surface area (TPSA) is 113 Å². The van der Waals surface area contributed by atoms with Crippen molar-refractivity contribution in [2.24, 2.45) is 5.92 Å². The Morgan fingerprint density at radius 2 is 1.89 bits per heavy atom. The number of hydrogen-bond donors (Lipinski definition) is 3. The molecule has 0 rings (SSSR count). The number of carbonyl (C=O) groups excluding carboxylic acids is 1. The maximum absolute atomic E-state index is 11.6. The maximum Gasteiger partial charge on any atom is 0.326 e. The normalized spacial score (nSPS) is 14.8. The van der Waals surface area contributed by atoms with E-state index in [0.717, 1.165) is 6.26 Å². The van der Waals surface area contributed by atoms with Crippen molar-refractivity contribution in [1.82, 2.24) is 10.6 Å². The number of nitrogens with one attached hydrogen (secondary N) is 2. The van der Waals surface area contributed by atoms with Crippen LogP contribution >= 0.6 is 0 Å². The number of hydrogen-bond acceptors (Lipinski definition) is 5. The van der Waals surface area contributed by atoms with Crippen molar-refractivity contribution >= 4 is 21.7 Å². The lowest BCUT2D eigenvalue weighted by atomic mass is 10.1. The molecule has 0 saturated heterocycles. The molecule has 0 radical (unpaired) electrons. The lowest BCUT2D eigenvalue weighted by Gasteiger charge is -2.17. The van der Waals surface area contributed by atoms with Gasteiger partial charge < -0.3 is 15.7 Å². The second kappa shape index (κ2) is 7.32. The SMILES string of the molecule is CNCC(C)C(=O)NC(CCS(C)(=O)=O)C(=O)O. The molecule has 0 bridgehead atoms. The fourth-order valence-electron chi connectivity index (χ4n) is 1.30. The highest BCUT2D eigenvalue weighted by Gasteiger charge is 2.23. The summed E-state index contributed by atoms with van der Waals surface area (Å²) in [7, 11) is -1.56. The predicted molar refractivity (Wildman–Crippen MR) is 67.0 cm³/mol. The summed E-state index contributed by atoms with van der Waals surface area (Å²) >= 11 is 0. The minimum atomic E-state index is -3.25. The van der Waals surface area contributed by atoms with Crippen LogP contribution in [0.4, 0.5) is 0 Å². The Kier molecular flexibility index (Phi) is 6.85. The zero-order valence-electron chi connectivity index (χ0n) is 10.8. The van der Waals surface area contributed by atoms with Crippen molar-refractivity contribution in [3.8, 4) is 0 Å². The molecule has 1 amide bonds. The summed E-state index contributed by atoms with van der Waals surface area (Å²) in [5.41, 5.74) is 0. The zero-order chi connectivity index (χ0) is 14.3. The van der Waals surface area contributed by atoms with E-state index < -0.39 is 27.8 Å². The molecule has 8 heteroatoms. The van der Waals surface area contributed by atoms with Crippen molar-refractivity contribution in [3.63, 3.8) is 0 Å². The van der Waals surface area contributed by atoms with Crippen LogP contribution in [0.25, 0.3) is 0 Å². The third kappa shape index (κ3) is 7.23. The lowest BCUT2D eigenvalue weighted by molar-refractivity contribution is -0.142. The number of carboxylic acids is 1. The minimum absolute atomic E-state index is 0.133. The number of carbonyl (C=O) groups is 2. The Morgan fingerprint density at radius 3 is 2.28 bits per heavy atom. The van der Waals surface area contributed by atoms with E-state index in [9.17, 15) is 18.0 Å². The Hall–Kier alpha value is -1.15. The summed E-state index contributed by atoms with van der Waals surface area (Å²) < 4.78 is 21.9. The average Bonchev–Trinajstić information content (AvgIpc) is 2.22. The van der Waals surface area contributed by atoms with Gasteiger partial charge in [-0.2, -0.15) is 0 Å². The van der Waals surface area contributed by atoms with E-state index in [2.05, 4.69) is 10.6 Å². The molecular weight excluding hydrogens is 260 g/mol. The van der Waals surface area contributed by atoms with Crippen molar-refractivity contribution in [3.05, 3.63) is 0 Å². The Morgan fingerprint density at radius 1 is 1.33 bits per heavy atom. The summed E-state index contributed by atoms with van der Waals surface area (Å²) in [5, 5.41) is 14.0. The van der Waals surface area contributed by atoms with Gasteiger partial charge >= 0.3 is 5.97 Å². The van der Waals surface area contributed by atoms with Crippen molar-refractivity contribution in [2.75, 3.05) is 25.6 Å². The molecule has 0 fully saturated rings. The molecular formula is C10H20N2O5S. The first kappa shape index (κ1) is 16.9. The molecule has 0 aliphatic heterocycles. The molecule has 3 N–H and O–H groups in total. The van der Waals surface area contributed by atoms with E-state index in [1.807, 2.05) is 0 Å². The maximum atomic E-state index is 11.6. The van der Waals surface area contributed by atoms with Gasteiger partial charge in [0.15, 0.2) is 0 Å². The second-order valence-corrected chi connectivity index (χ2v) is 6.54. The molecule has 0 aromatic rings. The fourth-order valence-corrected chi connectivity index (χ4v) is 1.97. The molecule has 0 aliphatic carbocycles. The Labute approximate surface area is 107 Å². The fraction of sp³-hybridized carbons (Fsp3) is 0.800. The summed E-state index contributed by atoms with van der Waals surface area (Å²) in [4.78, 5) is 22.5. The number of rotatable bonds is 8. The van der Waals surface area contributed by atoms with E-state index in [-0.39, 0.29) is 18.1 Å².